The average molecular weight is 380 g/mol. The minimum Gasteiger partial charge on any atom is -0.368 e. The molecule has 3 rings (SSSR count). The van der Waals surface area contributed by atoms with Crippen LogP contribution in [0.15, 0.2) is 42.5 Å². The highest BCUT2D eigenvalue weighted by molar-refractivity contribution is 6.04. The molecule has 0 unspecified atom stereocenters. The van der Waals surface area contributed by atoms with Crippen LogP contribution in [0.2, 0.25) is 0 Å². The van der Waals surface area contributed by atoms with Crippen molar-refractivity contribution in [3.63, 3.8) is 0 Å². The number of aryl methyl sites for hydroxylation is 2. The lowest BCUT2D eigenvalue weighted by Gasteiger charge is -2.36. The quantitative estimate of drug-likeness (QED) is 0.854. The minimum absolute atomic E-state index is 0.0982. The summed E-state index contributed by atoms with van der Waals surface area (Å²) in [7, 11) is 0. The fraction of sp³-hybridized carbons (Fsp3) is 0.391. The van der Waals surface area contributed by atoms with Crippen molar-refractivity contribution in [2.24, 2.45) is 0 Å². The first-order valence-corrected chi connectivity index (χ1v) is 9.99. The van der Waals surface area contributed by atoms with Crippen LogP contribution in [-0.4, -0.2) is 42.9 Å². The predicted octanol–water partition coefficient (Wildman–Crippen LogP) is 4.00. The number of hydrogen-bond donors (Lipinski definition) is 1. The molecule has 1 N–H and O–H groups in total. The van der Waals surface area contributed by atoms with E-state index in [-0.39, 0.29) is 11.8 Å². The number of nitrogens with zero attached hydrogens (tertiary/aromatic N) is 2. The summed E-state index contributed by atoms with van der Waals surface area (Å²) in [6, 6.07) is 13.7. The second-order valence-electron chi connectivity index (χ2n) is 7.42. The fourth-order valence-corrected chi connectivity index (χ4v) is 3.43. The molecule has 148 valence electrons. The number of carbonyl (C=O) groups is 2. The second kappa shape index (κ2) is 8.91. The van der Waals surface area contributed by atoms with Crippen LogP contribution in [0, 0.1) is 13.8 Å². The summed E-state index contributed by atoms with van der Waals surface area (Å²) >= 11 is 0. The van der Waals surface area contributed by atoms with Crippen molar-refractivity contribution >= 4 is 23.2 Å². The molecule has 1 heterocycles. The van der Waals surface area contributed by atoms with Crippen molar-refractivity contribution in [2.75, 3.05) is 36.4 Å². The van der Waals surface area contributed by atoms with E-state index < -0.39 is 0 Å². The molecule has 2 amide bonds. The lowest BCUT2D eigenvalue weighted by molar-refractivity contribution is -0.131. The van der Waals surface area contributed by atoms with Gasteiger partial charge in [-0.3, -0.25) is 9.59 Å². The molecule has 0 aromatic heterocycles. The normalized spacial score (nSPS) is 14.1. The van der Waals surface area contributed by atoms with Crippen LogP contribution in [0.5, 0.6) is 0 Å². The van der Waals surface area contributed by atoms with Crippen LogP contribution in [-0.2, 0) is 4.79 Å². The Kier molecular flexibility index (Phi) is 6.34. The zero-order valence-corrected chi connectivity index (χ0v) is 17.0. The van der Waals surface area contributed by atoms with Gasteiger partial charge >= 0.3 is 0 Å². The van der Waals surface area contributed by atoms with E-state index in [1.54, 1.807) is 0 Å². The Bertz CT molecular complexity index is 837. The average Bonchev–Trinajstić information content (AvgIpc) is 2.71. The summed E-state index contributed by atoms with van der Waals surface area (Å²) in [4.78, 5) is 28.7. The second-order valence-corrected chi connectivity index (χ2v) is 7.42. The van der Waals surface area contributed by atoms with E-state index in [1.165, 1.54) is 5.56 Å². The molecule has 0 atom stereocenters. The number of hydrogen-bond acceptors (Lipinski definition) is 3. The van der Waals surface area contributed by atoms with E-state index in [0.717, 1.165) is 49.5 Å². The number of piperazine rings is 1. The first-order valence-electron chi connectivity index (χ1n) is 9.99. The van der Waals surface area contributed by atoms with E-state index in [9.17, 15) is 9.59 Å². The molecule has 1 fully saturated rings. The van der Waals surface area contributed by atoms with E-state index in [1.807, 2.05) is 68.1 Å². The van der Waals surface area contributed by atoms with Crippen molar-refractivity contribution in [2.45, 2.75) is 33.6 Å². The van der Waals surface area contributed by atoms with Gasteiger partial charge in [0.15, 0.2) is 0 Å². The predicted molar refractivity (Wildman–Crippen MR) is 114 cm³/mol. The summed E-state index contributed by atoms with van der Waals surface area (Å²) in [5, 5.41) is 2.96. The third-order valence-corrected chi connectivity index (χ3v) is 5.36. The van der Waals surface area contributed by atoms with Crippen molar-refractivity contribution in [1.82, 2.24) is 4.90 Å². The van der Waals surface area contributed by atoms with Gasteiger partial charge in [-0.1, -0.05) is 13.0 Å². The maximum atomic E-state index is 12.5. The highest BCUT2D eigenvalue weighted by atomic mass is 16.2. The van der Waals surface area contributed by atoms with Gasteiger partial charge in [0, 0.05) is 49.5 Å². The first kappa shape index (κ1) is 19.9. The standard InChI is InChI=1S/C23H29N3O2/c1-4-5-22(27)26-14-12-25(13-15-26)21-10-8-20(9-11-21)24-23(28)19-7-6-17(2)18(3)16-19/h6-11,16H,4-5,12-15H2,1-3H3,(H,24,28). The molecule has 5 nitrogen and oxygen atoms in total. The lowest BCUT2D eigenvalue weighted by atomic mass is 10.1. The van der Waals surface area contributed by atoms with Gasteiger partial charge in [0.25, 0.3) is 5.91 Å². The number of amides is 2. The molecule has 2 aromatic carbocycles. The molecule has 1 aliphatic heterocycles. The molecule has 0 bridgehead atoms. The van der Waals surface area contributed by atoms with Crippen LogP contribution in [0.1, 0.15) is 41.3 Å². The molecule has 0 saturated carbocycles. The molecule has 0 aliphatic carbocycles. The Morgan fingerprint density at radius 3 is 2.21 bits per heavy atom. The highest BCUT2D eigenvalue weighted by Crippen LogP contribution is 2.21. The molecule has 2 aromatic rings. The van der Waals surface area contributed by atoms with Gasteiger partial charge in [-0.15, -0.1) is 0 Å². The van der Waals surface area contributed by atoms with Crippen molar-refractivity contribution in [1.29, 1.82) is 0 Å². The Morgan fingerprint density at radius 1 is 0.929 bits per heavy atom. The molecule has 28 heavy (non-hydrogen) atoms. The highest BCUT2D eigenvalue weighted by Gasteiger charge is 2.20. The van der Waals surface area contributed by atoms with Crippen LogP contribution in [0.3, 0.4) is 0 Å². The summed E-state index contributed by atoms with van der Waals surface area (Å²) in [5.41, 5.74) is 4.85. The Labute approximate surface area is 167 Å². The van der Waals surface area contributed by atoms with Crippen LogP contribution in [0.25, 0.3) is 0 Å². The van der Waals surface area contributed by atoms with Crippen molar-refractivity contribution in [3.05, 3.63) is 59.2 Å². The summed E-state index contributed by atoms with van der Waals surface area (Å²) in [5.74, 6) is 0.158. The van der Waals surface area contributed by atoms with Gasteiger partial charge in [0.1, 0.15) is 0 Å². The molecule has 1 saturated heterocycles. The first-order chi connectivity index (χ1) is 13.5. The molecule has 0 radical (unpaired) electrons. The van der Waals surface area contributed by atoms with Crippen molar-refractivity contribution < 1.29 is 9.59 Å². The van der Waals surface area contributed by atoms with Gasteiger partial charge < -0.3 is 15.1 Å². The smallest absolute Gasteiger partial charge is 0.255 e. The lowest BCUT2D eigenvalue weighted by Crippen LogP contribution is -2.48. The van der Waals surface area contributed by atoms with Crippen LogP contribution >= 0.6 is 0 Å². The minimum atomic E-state index is -0.0982. The zero-order chi connectivity index (χ0) is 20.1. The molecule has 5 heteroatoms. The van der Waals surface area contributed by atoms with E-state index in [2.05, 4.69) is 10.2 Å². The zero-order valence-electron chi connectivity index (χ0n) is 17.0. The summed E-state index contributed by atoms with van der Waals surface area (Å²) in [6.45, 7) is 9.29. The topological polar surface area (TPSA) is 52.7 Å². The number of rotatable bonds is 5. The maximum Gasteiger partial charge on any atom is 0.255 e. The largest absolute Gasteiger partial charge is 0.368 e. The molecule has 0 spiro atoms. The van der Waals surface area contributed by atoms with Gasteiger partial charge in [0.05, 0.1) is 0 Å². The number of benzene rings is 2. The van der Waals surface area contributed by atoms with Gasteiger partial charge in [-0.2, -0.15) is 0 Å². The van der Waals surface area contributed by atoms with Crippen LogP contribution < -0.4 is 10.2 Å². The van der Waals surface area contributed by atoms with E-state index in [0.29, 0.717) is 12.0 Å². The summed E-state index contributed by atoms with van der Waals surface area (Å²) < 4.78 is 0. The SMILES string of the molecule is CCCC(=O)N1CCN(c2ccc(NC(=O)c3ccc(C)c(C)c3)cc2)CC1. The third-order valence-electron chi connectivity index (χ3n) is 5.36. The maximum absolute atomic E-state index is 12.5. The fourth-order valence-electron chi connectivity index (χ4n) is 3.43. The van der Waals surface area contributed by atoms with E-state index in [4.69, 9.17) is 0 Å². The number of nitrogens with one attached hydrogen (secondary N) is 1. The summed E-state index contributed by atoms with van der Waals surface area (Å²) in [6.07, 6.45) is 1.53. The van der Waals surface area contributed by atoms with Crippen molar-refractivity contribution in [3.8, 4) is 0 Å². The van der Waals surface area contributed by atoms with Gasteiger partial charge in [-0.25, -0.2) is 0 Å². The molecule has 1 aliphatic rings. The van der Waals surface area contributed by atoms with Gasteiger partial charge in [0.2, 0.25) is 5.91 Å². The van der Waals surface area contributed by atoms with Crippen LogP contribution in [0.4, 0.5) is 11.4 Å². The third kappa shape index (κ3) is 4.71. The number of anilines is 2. The monoisotopic (exact) mass is 379 g/mol. The molecular formula is C23H29N3O2. The van der Waals surface area contributed by atoms with Gasteiger partial charge in [-0.05, 0) is 67.8 Å². The number of carbonyl (C=O) groups excluding carboxylic acids is 2. The Balaban J connectivity index is 1.57. The Morgan fingerprint density at radius 2 is 1.61 bits per heavy atom. The molecular weight excluding hydrogens is 350 g/mol. The Hall–Kier alpha value is -2.82. The van der Waals surface area contributed by atoms with E-state index >= 15 is 0 Å².